The predicted octanol–water partition coefficient (Wildman–Crippen LogP) is -0.0591. The van der Waals surface area contributed by atoms with Gasteiger partial charge in [0.15, 0.2) is 0 Å². The molecule has 0 aromatic carbocycles. The largest absolute Gasteiger partial charge is 0.388 e. The van der Waals surface area contributed by atoms with Gasteiger partial charge in [0.1, 0.15) is 10.0 Å². The van der Waals surface area contributed by atoms with Crippen LogP contribution in [0.15, 0.2) is 0 Å². The molecule has 0 aromatic heterocycles. The van der Waals surface area contributed by atoms with Crippen LogP contribution >= 0.6 is 0 Å². The summed E-state index contributed by atoms with van der Waals surface area (Å²) in [6, 6.07) is 0. The van der Waals surface area contributed by atoms with Crippen molar-refractivity contribution in [1.82, 2.24) is 0 Å². The standard InChI is InChI=1S/C4H12N2O2S/c1-6(2,3)5-9(4,7)8/h1-4H3. The van der Waals surface area contributed by atoms with Crippen LogP contribution < -0.4 is 0 Å². The Bertz CT molecular complexity index is 177. The molecule has 5 heteroatoms. The Morgan fingerprint density at radius 3 is 1.56 bits per heavy atom. The van der Waals surface area contributed by atoms with Gasteiger partial charge in [0.25, 0.3) is 0 Å². The summed E-state index contributed by atoms with van der Waals surface area (Å²) >= 11 is 0. The van der Waals surface area contributed by atoms with Gasteiger partial charge >= 0.3 is 0 Å². The molecule has 0 radical (unpaired) electrons. The van der Waals surface area contributed by atoms with Crippen molar-refractivity contribution in [1.29, 1.82) is 0 Å². The Morgan fingerprint density at radius 1 is 1.22 bits per heavy atom. The molecule has 0 saturated carbocycles. The molecule has 0 amide bonds. The van der Waals surface area contributed by atoms with Gasteiger partial charge in [-0.25, -0.2) is 8.42 Å². The van der Waals surface area contributed by atoms with Crippen LogP contribution in [-0.2, 0) is 10.0 Å². The van der Waals surface area contributed by atoms with Crippen molar-refractivity contribution in [3.05, 3.63) is 4.83 Å². The topological polar surface area (TPSA) is 48.2 Å². The number of hydrogen-bond donors (Lipinski definition) is 0. The first kappa shape index (κ1) is 8.87. The zero-order chi connectivity index (χ0) is 7.71. The maximum atomic E-state index is 10.5. The summed E-state index contributed by atoms with van der Waals surface area (Å²) in [7, 11) is 1.86. The molecule has 0 bridgehead atoms. The second-order valence-corrected chi connectivity index (χ2v) is 4.39. The lowest BCUT2D eigenvalue weighted by molar-refractivity contribution is -0.824. The Balaban J connectivity index is 4.07. The second kappa shape index (κ2) is 2.24. The lowest BCUT2D eigenvalue weighted by Gasteiger charge is -2.35. The van der Waals surface area contributed by atoms with Crippen molar-refractivity contribution in [2.24, 2.45) is 0 Å². The molecule has 0 aliphatic carbocycles. The van der Waals surface area contributed by atoms with Gasteiger partial charge in [-0.2, -0.15) is 0 Å². The Morgan fingerprint density at radius 2 is 1.56 bits per heavy atom. The first-order valence-electron chi connectivity index (χ1n) is 2.47. The fraction of sp³-hybridized carbons (Fsp3) is 1.00. The number of hydrogen-bond acceptors (Lipinski definition) is 2. The van der Waals surface area contributed by atoms with E-state index in [4.69, 9.17) is 0 Å². The maximum absolute atomic E-state index is 10.5. The Hall–Kier alpha value is -0.130. The van der Waals surface area contributed by atoms with E-state index in [1.807, 2.05) is 0 Å². The number of quaternary nitrogens is 1. The molecule has 0 heterocycles. The van der Waals surface area contributed by atoms with E-state index in [2.05, 4.69) is 4.83 Å². The van der Waals surface area contributed by atoms with Gasteiger partial charge in [0.2, 0.25) is 0 Å². The molecule has 0 N–H and O–H groups in total. The molecule has 0 aromatic rings. The first-order valence-corrected chi connectivity index (χ1v) is 4.31. The van der Waals surface area contributed by atoms with Gasteiger partial charge in [-0.1, -0.05) is 0 Å². The second-order valence-electron chi connectivity index (χ2n) is 2.76. The molecule has 0 unspecified atom stereocenters. The van der Waals surface area contributed by atoms with E-state index < -0.39 is 10.0 Å². The fourth-order valence-electron chi connectivity index (χ4n) is 0.445. The van der Waals surface area contributed by atoms with Crippen LogP contribution in [0.1, 0.15) is 0 Å². The molecule has 0 spiro atoms. The third-order valence-corrected chi connectivity index (χ3v) is 1.18. The fourth-order valence-corrected chi connectivity index (χ4v) is 1.33. The van der Waals surface area contributed by atoms with Crippen molar-refractivity contribution in [3.8, 4) is 0 Å². The highest BCUT2D eigenvalue weighted by atomic mass is 32.2. The van der Waals surface area contributed by atoms with E-state index in [0.717, 1.165) is 6.26 Å². The molecule has 0 rings (SSSR count). The van der Waals surface area contributed by atoms with Crippen LogP contribution in [0.2, 0.25) is 0 Å². The summed E-state index contributed by atoms with van der Waals surface area (Å²) in [6.45, 7) is 0. The normalized spacial score (nSPS) is 13.8. The van der Waals surface area contributed by atoms with Gasteiger partial charge in [0, 0.05) is 6.26 Å². The van der Waals surface area contributed by atoms with Crippen LogP contribution in [0.4, 0.5) is 0 Å². The highest BCUT2D eigenvalue weighted by Crippen LogP contribution is 2.06. The van der Waals surface area contributed by atoms with E-state index in [9.17, 15) is 8.42 Å². The summed E-state index contributed by atoms with van der Waals surface area (Å²) in [5.41, 5.74) is 0. The van der Waals surface area contributed by atoms with Crippen molar-refractivity contribution >= 4 is 10.0 Å². The van der Waals surface area contributed by atoms with E-state index in [0.29, 0.717) is 0 Å². The summed E-state index contributed by atoms with van der Waals surface area (Å²) in [6.07, 6.45) is 1.08. The Labute approximate surface area is 56.1 Å². The van der Waals surface area contributed by atoms with Crippen LogP contribution in [0.3, 0.4) is 0 Å². The van der Waals surface area contributed by atoms with Crippen LogP contribution in [0.5, 0.6) is 0 Å². The third kappa shape index (κ3) is 7.87. The summed E-state index contributed by atoms with van der Waals surface area (Å²) in [4.78, 5) is 3.45. The summed E-state index contributed by atoms with van der Waals surface area (Å²) < 4.78 is 21.0. The maximum Gasteiger partial charge on any atom is 0.110 e. The number of nitrogens with zero attached hydrogens (tertiary/aromatic N) is 2. The molecule has 0 fully saturated rings. The van der Waals surface area contributed by atoms with Crippen LogP contribution in [-0.4, -0.2) is 40.4 Å². The minimum atomic E-state index is -3.18. The number of rotatable bonds is 2. The van der Waals surface area contributed by atoms with Gasteiger partial charge in [-0.3, -0.25) is 0 Å². The molecule has 0 atom stereocenters. The summed E-state index contributed by atoms with van der Waals surface area (Å²) in [5, 5.41) is 0. The highest BCUT2D eigenvalue weighted by Gasteiger charge is 1.99. The molecule has 56 valence electrons. The molecule has 4 nitrogen and oxygen atoms in total. The predicted molar refractivity (Wildman–Crippen MR) is 36.2 cm³/mol. The molecule has 9 heavy (non-hydrogen) atoms. The minimum Gasteiger partial charge on any atom is -0.388 e. The molecule has 0 aliphatic rings. The van der Waals surface area contributed by atoms with Gasteiger partial charge in [-0.05, 0) is 0 Å². The molecule has 0 saturated heterocycles. The van der Waals surface area contributed by atoms with Crippen molar-refractivity contribution in [2.45, 2.75) is 0 Å². The van der Waals surface area contributed by atoms with Gasteiger partial charge in [0.05, 0.1) is 21.1 Å². The summed E-state index contributed by atoms with van der Waals surface area (Å²) in [5.74, 6) is 0. The van der Waals surface area contributed by atoms with Crippen molar-refractivity contribution in [3.63, 3.8) is 0 Å². The molecular weight excluding hydrogens is 140 g/mol. The lowest BCUT2D eigenvalue weighted by Crippen LogP contribution is -2.31. The first-order chi connectivity index (χ1) is 3.71. The minimum absolute atomic E-state index is 0.0961. The van der Waals surface area contributed by atoms with Crippen LogP contribution in [0, 0.1) is 0 Å². The van der Waals surface area contributed by atoms with E-state index >= 15 is 0 Å². The number of sulfonamides is 1. The average Bonchev–Trinajstić information content (AvgIpc) is 1.14. The monoisotopic (exact) mass is 152 g/mol. The lowest BCUT2D eigenvalue weighted by atomic mass is 10.9. The smallest absolute Gasteiger partial charge is 0.110 e. The Kier molecular flexibility index (Phi) is 2.21. The highest BCUT2D eigenvalue weighted by molar-refractivity contribution is 7.92. The molecule has 0 aliphatic heterocycles. The zero-order valence-electron chi connectivity index (χ0n) is 6.12. The molecular formula is C4H12N2O2S. The van der Waals surface area contributed by atoms with Gasteiger partial charge < -0.3 is 9.42 Å². The van der Waals surface area contributed by atoms with Crippen molar-refractivity contribution in [2.75, 3.05) is 27.4 Å². The third-order valence-electron chi connectivity index (χ3n) is 0.393. The van der Waals surface area contributed by atoms with E-state index in [1.165, 1.54) is 0 Å². The van der Waals surface area contributed by atoms with E-state index in [-0.39, 0.29) is 4.59 Å². The average molecular weight is 152 g/mol. The quantitative estimate of drug-likeness (QED) is 0.411. The van der Waals surface area contributed by atoms with E-state index in [1.54, 1.807) is 21.1 Å². The van der Waals surface area contributed by atoms with Gasteiger partial charge in [-0.15, -0.1) is 0 Å². The SMILES string of the molecule is C[N+](C)(C)[N-]S(C)(=O)=O. The van der Waals surface area contributed by atoms with Crippen LogP contribution in [0.25, 0.3) is 4.83 Å². The zero-order valence-corrected chi connectivity index (χ0v) is 6.94. The van der Waals surface area contributed by atoms with Crippen molar-refractivity contribution < 1.29 is 13.0 Å².